The standard InChI is InChI=1S/C13H19ClNO5P/c1-3-4-10-19-13(2,12(16)20-21(14,17)18)15-11-8-6-5-7-9-11/h5-9,15H,3-4,10H2,1-2H3,(H,17,18). The van der Waals surface area contributed by atoms with Gasteiger partial charge < -0.3 is 19.5 Å². The first-order valence-corrected chi connectivity index (χ1v) is 8.99. The maximum Gasteiger partial charge on any atom is 0.476 e. The summed E-state index contributed by atoms with van der Waals surface area (Å²) >= 11 is 5.08. The van der Waals surface area contributed by atoms with Gasteiger partial charge in [0.05, 0.1) is 6.61 Å². The van der Waals surface area contributed by atoms with Crippen molar-refractivity contribution in [2.45, 2.75) is 32.4 Å². The number of ether oxygens (including phenoxy) is 1. The second kappa shape index (κ2) is 7.80. The Hall–Kier alpha value is -1.07. The molecule has 0 radical (unpaired) electrons. The van der Waals surface area contributed by atoms with Gasteiger partial charge in [-0.05, 0) is 25.5 Å². The van der Waals surface area contributed by atoms with Crippen molar-refractivity contribution in [2.75, 3.05) is 11.9 Å². The SMILES string of the molecule is CCCCOC(C)(Nc1ccccc1)C(=O)OP(=O)(O)Cl. The number of halogens is 1. The van der Waals surface area contributed by atoms with Crippen LogP contribution in [0.25, 0.3) is 0 Å². The van der Waals surface area contributed by atoms with E-state index in [2.05, 4.69) is 9.84 Å². The van der Waals surface area contributed by atoms with E-state index in [-0.39, 0.29) is 0 Å². The summed E-state index contributed by atoms with van der Waals surface area (Å²) in [6.45, 7) is -0.770. The van der Waals surface area contributed by atoms with Crippen LogP contribution in [0, 0.1) is 0 Å². The third-order valence-corrected chi connectivity index (χ3v) is 3.23. The predicted octanol–water partition coefficient (Wildman–Crippen LogP) is 3.51. The number of hydrogen-bond acceptors (Lipinski definition) is 5. The Morgan fingerprint density at radius 3 is 2.57 bits per heavy atom. The smallest absolute Gasteiger partial charge is 0.377 e. The zero-order chi connectivity index (χ0) is 15.9. The van der Waals surface area contributed by atoms with Crippen LogP contribution in [-0.4, -0.2) is 23.2 Å². The van der Waals surface area contributed by atoms with Gasteiger partial charge in [-0.25, -0.2) is 9.36 Å². The minimum absolute atomic E-state index is 0.292. The fraction of sp³-hybridized carbons (Fsp3) is 0.462. The van der Waals surface area contributed by atoms with E-state index in [0.29, 0.717) is 12.3 Å². The average Bonchev–Trinajstić information content (AvgIpc) is 2.38. The minimum Gasteiger partial charge on any atom is -0.377 e. The Morgan fingerprint density at radius 2 is 2.05 bits per heavy atom. The van der Waals surface area contributed by atoms with Crippen LogP contribution in [0.1, 0.15) is 26.7 Å². The van der Waals surface area contributed by atoms with Gasteiger partial charge in [0, 0.05) is 16.9 Å². The summed E-state index contributed by atoms with van der Waals surface area (Å²) in [7, 11) is 0. The number of para-hydroxylation sites is 1. The van der Waals surface area contributed by atoms with Crippen molar-refractivity contribution in [3.05, 3.63) is 30.3 Å². The summed E-state index contributed by atoms with van der Waals surface area (Å²) in [5, 5.41) is 2.85. The summed E-state index contributed by atoms with van der Waals surface area (Å²) in [5.41, 5.74) is -1.00. The summed E-state index contributed by atoms with van der Waals surface area (Å²) in [6, 6.07) is 8.83. The monoisotopic (exact) mass is 335 g/mol. The molecule has 2 atom stereocenters. The molecule has 0 amide bonds. The van der Waals surface area contributed by atoms with Crippen LogP contribution in [0.3, 0.4) is 0 Å². The van der Waals surface area contributed by atoms with Gasteiger partial charge in [0.15, 0.2) is 0 Å². The molecule has 0 bridgehead atoms. The number of anilines is 1. The fourth-order valence-electron chi connectivity index (χ4n) is 1.55. The van der Waals surface area contributed by atoms with Crippen molar-refractivity contribution >= 4 is 29.8 Å². The summed E-state index contributed by atoms with van der Waals surface area (Å²) in [4.78, 5) is 21.0. The van der Waals surface area contributed by atoms with Gasteiger partial charge in [-0.1, -0.05) is 31.5 Å². The van der Waals surface area contributed by atoms with E-state index in [9.17, 15) is 9.36 Å². The topological polar surface area (TPSA) is 84.9 Å². The van der Waals surface area contributed by atoms with Crippen molar-refractivity contribution < 1.29 is 23.5 Å². The second-order valence-corrected chi connectivity index (χ2v) is 6.92. The van der Waals surface area contributed by atoms with E-state index in [4.69, 9.17) is 20.9 Å². The molecule has 0 spiro atoms. The van der Waals surface area contributed by atoms with E-state index >= 15 is 0 Å². The Morgan fingerprint density at radius 1 is 1.43 bits per heavy atom. The van der Waals surface area contributed by atoms with E-state index < -0.39 is 18.6 Å². The molecule has 0 saturated carbocycles. The summed E-state index contributed by atoms with van der Waals surface area (Å²) < 4.78 is 20.9. The van der Waals surface area contributed by atoms with E-state index in [0.717, 1.165) is 12.8 Å². The molecule has 8 heteroatoms. The molecule has 118 valence electrons. The molecule has 1 aromatic rings. The molecule has 2 N–H and O–H groups in total. The maximum atomic E-state index is 12.1. The molecular weight excluding hydrogens is 317 g/mol. The number of rotatable bonds is 8. The number of carbonyl (C=O) groups is 1. The molecule has 1 aromatic carbocycles. The molecule has 6 nitrogen and oxygen atoms in total. The van der Waals surface area contributed by atoms with Gasteiger partial charge in [-0.3, -0.25) is 0 Å². The van der Waals surface area contributed by atoms with Crippen LogP contribution in [-0.2, 0) is 18.6 Å². The predicted molar refractivity (Wildman–Crippen MR) is 81.1 cm³/mol. The maximum absolute atomic E-state index is 12.1. The zero-order valence-electron chi connectivity index (χ0n) is 11.9. The van der Waals surface area contributed by atoms with Crippen LogP contribution >= 0.6 is 18.2 Å². The van der Waals surface area contributed by atoms with Gasteiger partial charge in [-0.2, -0.15) is 0 Å². The van der Waals surface area contributed by atoms with Crippen LogP contribution in [0.5, 0.6) is 0 Å². The number of benzene rings is 1. The number of nitrogens with one attached hydrogen (secondary N) is 1. The number of unbranched alkanes of at least 4 members (excludes halogenated alkanes) is 1. The summed E-state index contributed by atoms with van der Waals surface area (Å²) in [6.07, 6.45) is 1.61. The lowest BCUT2D eigenvalue weighted by molar-refractivity contribution is -0.157. The second-order valence-electron chi connectivity index (χ2n) is 4.56. The highest BCUT2D eigenvalue weighted by Gasteiger charge is 2.39. The lowest BCUT2D eigenvalue weighted by atomic mass is 10.2. The highest BCUT2D eigenvalue weighted by molar-refractivity contribution is 7.80. The lowest BCUT2D eigenvalue weighted by Gasteiger charge is -2.29. The Labute approximate surface area is 128 Å². The van der Waals surface area contributed by atoms with Crippen LogP contribution < -0.4 is 5.32 Å². The van der Waals surface area contributed by atoms with E-state index in [1.807, 2.05) is 13.0 Å². The van der Waals surface area contributed by atoms with Gasteiger partial charge in [0.1, 0.15) is 0 Å². The summed E-state index contributed by atoms with van der Waals surface area (Å²) in [5.74, 6) is -1.05. The molecule has 0 saturated heterocycles. The third kappa shape index (κ3) is 6.48. The molecule has 0 fully saturated rings. The van der Waals surface area contributed by atoms with Crippen molar-refractivity contribution in [3.63, 3.8) is 0 Å². The van der Waals surface area contributed by atoms with Gasteiger partial charge in [0.25, 0.3) is 0 Å². The molecular formula is C13H19ClNO5P. The molecule has 0 aliphatic rings. The first kappa shape index (κ1) is 18.0. The number of hydrogen-bond donors (Lipinski definition) is 2. The van der Waals surface area contributed by atoms with E-state index in [1.165, 1.54) is 6.92 Å². The van der Waals surface area contributed by atoms with Gasteiger partial charge in [-0.15, -0.1) is 0 Å². The lowest BCUT2D eigenvalue weighted by Crippen LogP contribution is -2.47. The molecule has 1 rings (SSSR count). The van der Waals surface area contributed by atoms with Crippen LogP contribution in [0.4, 0.5) is 5.69 Å². The molecule has 0 heterocycles. The zero-order valence-corrected chi connectivity index (χ0v) is 13.6. The van der Waals surface area contributed by atoms with Crippen LogP contribution in [0.15, 0.2) is 30.3 Å². The molecule has 0 aliphatic carbocycles. The molecule has 0 aromatic heterocycles. The highest BCUT2D eigenvalue weighted by Crippen LogP contribution is 2.48. The van der Waals surface area contributed by atoms with Crippen LogP contribution in [0.2, 0.25) is 0 Å². The van der Waals surface area contributed by atoms with Crippen molar-refractivity contribution in [3.8, 4) is 0 Å². The van der Waals surface area contributed by atoms with Gasteiger partial charge in [0.2, 0.25) is 5.72 Å². The first-order chi connectivity index (χ1) is 9.77. The average molecular weight is 336 g/mol. The molecule has 2 unspecified atom stereocenters. The molecule has 0 aliphatic heterocycles. The molecule has 21 heavy (non-hydrogen) atoms. The van der Waals surface area contributed by atoms with Crippen molar-refractivity contribution in [2.24, 2.45) is 0 Å². The van der Waals surface area contributed by atoms with E-state index in [1.54, 1.807) is 24.3 Å². The normalized spacial score (nSPS) is 16.6. The minimum atomic E-state index is -4.46. The highest BCUT2D eigenvalue weighted by atomic mass is 35.7. The number of carbonyl (C=O) groups excluding carboxylic acids is 1. The Bertz CT molecular complexity index is 507. The quantitative estimate of drug-likeness (QED) is 0.429. The van der Waals surface area contributed by atoms with Crippen molar-refractivity contribution in [1.82, 2.24) is 0 Å². The largest absolute Gasteiger partial charge is 0.476 e. The third-order valence-electron chi connectivity index (χ3n) is 2.63. The fourth-order valence-corrected chi connectivity index (χ4v) is 2.12. The Balaban J connectivity index is 2.88. The Kier molecular flexibility index (Phi) is 6.68. The van der Waals surface area contributed by atoms with Crippen molar-refractivity contribution in [1.29, 1.82) is 0 Å². The van der Waals surface area contributed by atoms with Gasteiger partial charge >= 0.3 is 12.9 Å². The first-order valence-electron chi connectivity index (χ1n) is 6.50.